The number of alkyl halides is 1. The summed E-state index contributed by atoms with van der Waals surface area (Å²) < 4.78 is 2.04. The Morgan fingerprint density at radius 3 is 2.70 bits per heavy atom. The van der Waals surface area contributed by atoms with Crippen LogP contribution in [0, 0.1) is 6.92 Å². The second-order valence-electron chi connectivity index (χ2n) is 5.01. The lowest BCUT2D eigenvalue weighted by molar-refractivity contribution is 0.517. The van der Waals surface area contributed by atoms with E-state index in [1.165, 1.54) is 11.3 Å². The molecule has 1 aromatic carbocycles. The molecule has 0 saturated heterocycles. The number of nitrogens with one attached hydrogen (secondary N) is 1. The van der Waals surface area contributed by atoms with Gasteiger partial charge in [0.2, 0.25) is 0 Å². The Bertz CT molecular complexity index is 522. The maximum absolute atomic E-state index is 6.08. The zero-order valence-corrected chi connectivity index (χ0v) is 12.9. The van der Waals surface area contributed by atoms with E-state index in [9.17, 15) is 0 Å². The molecular formula is C16H22ClN3. The Balaban J connectivity index is 1.93. The molecule has 20 heavy (non-hydrogen) atoms. The summed E-state index contributed by atoms with van der Waals surface area (Å²) in [6.07, 6.45) is 0.948. The van der Waals surface area contributed by atoms with Crippen LogP contribution in [-0.2, 0) is 19.5 Å². The van der Waals surface area contributed by atoms with Gasteiger partial charge < -0.3 is 5.32 Å². The minimum absolute atomic E-state index is 0.277. The maximum atomic E-state index is 6.08. The quantitative estimate of drug-likeness (QED) is 0.794. The minimum atomic E-state index is 0.277. The molecule has 1 aromatic heterocycles. The zero-order chi connectivity index (χ0) is 14.4. The van der Waals surface area contributed by atoms with Gasteiger partial charge in [-0.2, -0.15) is 5.10 Å². The lowest BCUT2D eigenvalue weighted by atomic mass is 10.1. The van der Waals surface area contributed by atoms with Crippen molar-refractivity contribution in [1.29, 1.82) is 0 Å². The van der Waals surface area contributed by atoms with Crippen LogP contribution < -0.4 is 5.32 Å². The van der Waals surface area contributed by atoms with E-state index in [0.717, 1.165) is 25.2 Å². The summed E-state index contributed by atoms with van der Waals surface area (Å²) in [6.45, 7) is 5.84. The molecule has 1 atom stereocenters. The first-order chi connectivity index (χ1) is 9.72. The number of aromatic nitrogens is 2. The van der Waals surface area contributed by atoms with Crippen molar-refractivity contribution in [3.63, 3.8) is 0 Å². The lowest BCUT2D eigenvalue weighted by Gasteiger charge is -2.16. The highest BCUT2D eigenvalue weighted by Crippen LogP contribution is 2.07. The first-order valence-corrected chi connectivity index (χ1v) is 7.63. The van der Waals surface area contributed by atoms with Crippen LogP contribution in [0.25, 0.3) is 0 Å². The first kappa shape index (κ1) is 15.1. The highest BCUT2D eigenvalue weighted by atomic mass is 35.5. The Labute approximate surface area is 126 Å². The number of benzene rings is 1. The maximum Gasteiger partial charge on any atom is 0.0597 e. The van der Waals surface area contributed by atoms with Crippen LogP contribution in [0.1, 0.15) is 23.9 Å². The van der Waals surface area contributed by atoms with Crippen molar-refractivity contribution >= 4 is 11.6 Å². The number of rotatable bonds is 7. The molecule has 0 aliphatic heterocycles. The Morgan fingerprint density at radius 2 is 2.05 bits per heavy atom. The van der Waals surface area contributed by atoms with Gasteiger partial charge in [-0.3, -0.25) is 4.68 Å². The van der Waals surface area contributed by atoms with Gasteiger partial charge in [-0.05, 0) is 31.9 Å². The predicted octanol–water partition coefficient (Wildman–Crippen LogP) is 3.15. The van der Waals surface area contributed by atoms with E-state index in [1.54, 1.807) is 0 Å². The highest BCUT2D eigenvalue weighted by Gasteiger charge is 2.10. The molecule has 1 unspecified atom stereocenters. The molecule has 108 valence electrons. The van der Waals surface area contributed by atoms with Gasteiger partial charge in [0.1, 0.15) is 0 Å². The van der Waals surface area contributed by atoms with E-state index in [0.29, 0.717) is 5.88 Å². The Kier molecular flexibility index (Phi) is 5.62. The van der Waals surface area contributed by atoms with E-state index in [4.69, 9.17) is 11.6 Å². The normalized spacial score (nSPS) is 12.6. The van der Waals surface area contributed by atoms with E-state index < -0.39 is 0 Å². The predicted molar refractivity (Wildman–Crippen MR) is 84.1 cm³/mol. The molecule has 1 heterocycles. The summed E-state index contributed by atoms with van der Waals surface area (Å²) in [4.78, 5) is 0. The average molecular weight is 292 g/mol. The van der Waals surface area contributed by atoms with Crippen molar-refractivity contribution < 1.29 is 0 Å². The summed E-state index contributed by atoms with van der Waals surface area (Å²) in [5, 5.41) is 7.99. The average Bonchev–Trinajstić information content (AvgIpc) is 2.84. The summed E-state index contributed by atoms with van der Waals surface area (Å²) >= 11 is 6.08. The Hall–Kier alpha value is -1.32. The number of hydrogen-bond acceptors (Lipinski definition) is 2. The first-order valence-electron chi connectivity index (χ1n) is 7.09. The molecule has 0 radical (unpaired) electrons. The molecule has 0 fully saturated rings. The van der Waals surface area contributed by atoms with Crippen molar-refractivity contribution in [2.75, 3.05) is 5.88 Å². The van der Waals surface area contributed by atoms with Gasteiger partial charge in [0.05, 0.1) is 11.4 Å². The van der Waals surface area contributed by atoms with Gasteiger partial charge >= 0.3 is 0 Å². The molecule has 0 bridgehead atoms. The van der Waals surface area contributed by atoms with Gasteiger partial charge in [-0.25, -0.2) is 0 Å². The molecule has 3 nitrogen and oxygen atoms in total. The largest absolute Gasteiger partial charge is 0.307 e. The fourth-order valence-electron chi connectivity index (χ4n) is 2.34. The highest BCUT2D eigenvalue weighted by molar-refractivity contribution is 6.18. The van der Waals surface area contributed by atoms with Crippen molar-refractivity contribution in [2.45, 2.75) is 39.4 Å². The molecular weight excluding hydrogens is 270 g/mol. The second-order valence-corrected chi connectivity index (χ2v) is 5.32. The monoisotopic (exact) mass is 291 g/mol. The number of aryl methyl sites for hydroxylation is 2. The van der Waals surface area contributed by atoms with Gasteiger partial charge in [0.15, 0.2) is 0 Å². The van der Waals surface area contributed by atoms with E-state index in [1.807, 2.05) is 17.7 Å². The lowest BCUT2D eigenvalue weighted by Crippen LogP contribution is -2.33. The smallest absolute Gasteiger partial charge is 0.0597 e. The van der Waals surface area contributed by atoms with Crippen LogP contribution in [0.3, 0.4) is 0 Å². The van der Waals surface area contributed by atoms with Gasteiger partial charge in [0, 0.05) is 25.0 Å². The molecule has 0 aliphatic carbocycles. The van der Waals surface area contributed by atoms with Crippen molar-refractivity contribution in [3.8, 4) is 0 Å². The molecule has 0 spiro atoms. The van der Waals surface area contributed by atoms with Crippen LogP contribution >= 0.6 is 11.6 Å². The SMILES string of the molecule is CCn1nc(C)cc1CNC(CCl)Cc1ccccc1. The molecule has 0 aliphatic rings. The van der Waals surface area contributed by atoms with Crippen LogP contribution in [-0.4, -0.2) is 21.7 Å². The van der Waals surface area contributed by atoms with Crippen molar-refractivity contribution in [1.82, 2.24) is 15.1 Å². The third kappa shape index (κ3) is 4.09. The molecule has 0 amide bonds. The second kappa shape index (κ2) is 7.46. The topological polar surface area (TPSA) is 29.9 Å². The summed E-state index contributed by atoms with van der Waals surface area (Å²) in [7, 11) is 0. The standard InChI is InChI=1S/C16H22ClN3/c1-3-20-16(9-13(2)19-20)12-18-15(11-17)10-14-7-5-4-6-8-14/h4-9,15,18H,3,10-12H2,1-2H3. The number of hydrogen-bond donors (Lipinski definition) is 1. The van der Waals surface area contributed by atoms with Gasteiger partial charge in [-0.1, -0.05) is 30.3 Å². The minimum Gasteiger partial charge on any atom is -0.307 e. The molecule has 2 rings (SSSR count). The number of nitrogens with zero attached hydrogens (tertiary/aromatic N) is 2. The third-order valence-electron chi connectivity index (χ3n) is 3.37. The van der Waals surface area contributed by atoms with Crippen LogP contribution in [0.2, 0.25) is 0 Å². The molecule has 0 saturated carbocycles. The number of halogens is 1. The summed E-state index contributed by atoms with van der Waals surface area (Å²) in [5.74, 6) is 0.605. The van der Waals surface area contributed by atoms with E-state index in [2.05, 4.69) is 47.7 Å². The van der Waals surface area contributed by atoms with Crippen LogP contribution in [0.4, 0.5) is 0 Å². The van der Waals surface area contributed by atoms with Crippen LogP contribution in [0.5, 0.6) is 0 Å². The zero-order valence-electron chi connectivity index (χ0n) is 12.1. The van der Waals surface area contributed by atoms with Gasteiger partial charge in [0.25, 0.3) is 0 Å². The van der Waals surface area contributed by atoms with E-state index in [-0.39, 0.29) is 6.04 Å². The van der Waals surface area contributed by atoms with Crippen molar-refractivity contribution in [2.24, 2.45) is 0 Å². The summed E-state index contributed by atoms with van der Waals surface area (Å²) in [5.41, 5.74) is 3.59. The van der Waals surface area contributed by atoms with E-state index >= 15 is 0 Å². The van der Waals surface area contributed by atoms with Crippen molar-refractivity contribution in [3.05, 3.63) is 53.3 Å². The third-order valence-corrected chi connectivity index (χ3v) is 3.74. The Morgan fingerprint density at radius 1 is 1.30 bits per heavy atom. The summed E-state index contributed by atoms with van der Waals surface area (Å²) in [6, 6.07) is 12.9. The molecule has 1 N–H and O–H groups in total. The molecule has 4 heteroatoms. The molecule has 2 aromatic rings. The fraction of sp³-hybridized carbons (Fsp3) is 0.438. The van der Waals surface area contributed by atoms with Crippen LogP contribution in [0.15, 0.2) is 36.4 Å². The fourth-order valence-corrected chi connectivity index (χ4v) is 2.56. The van der Waals surface area contributed by atoms with Gasteiger partial charge in [-0.15, -0.1) is 11.6 Å².